The second-order valence-corrected chi connectivity index (χ2v) is 32.2. The van der Waals surface area contributed by atoms with Gasteiger partial charge in [-0.25, -0.2) is 0 Å². The summed E-state index contributed by atoms with van der Waals surface area (Å²) in [5.74, 6) is 0. The molecule has 0 aliphatic carbocycles. The van der Waals surface area contributed by atoms with E-state index in [1.165, 1.54) is 173 Å². The number of benzene rings is 19. The maximum Gasteiger partial charge on any atom is 0.138 e. The molecule has 5 heteroatoms. The molecule has 0 fully saturated rings. The lowest BCUT2D eigenvalue weighted by Gasteiger charge is -2.07. The van der Waals surface area contributed by atoms with Crippen molar-refractivity contribution in [3.8, 4) is 33.4 Å². The van der Waals surface area contributed by atoms with Crippen LogP contribution in [0.5, 0.6) is 0 Å². The molecule has 0 amide bonds. The number of hydrogen-bond donors (Lipinski definition) is 0. The van der Waals surface area contributed by atoms with E-state index in [1.807, 2.05) is 108 Å². The molecule has 0 N–H and O–H groups in total. The van der Waals surface area contributed by atoms with Crippen molar-refractivity contribution in [3.05, 3.63) is 457 Å². The van der Waals surface area contributed by atoms with Gasteiger partial charge in [-0.1, -0.05) is 350 Å². The molecule has 5 aromatic heterocycles. The SMILES string of the molecule is Cc1ccc2c(c1)oc1ccccc12.Cc1ccc2cc(-c3ccccc3)ccc2c1.Cc1ccc2oc3ccccc3c2c1.Cc1ccc2sc3ccccc3c2c1.Cc1cccc(-c2ccc3ccccc3c2)c1.Cc1cccc2c1oc1ccccc12.Cc1cccc2oc3ccccc3c12.Cc1ccccc1-c1ccc2ccccc2c1. The second kappa shape index (κ2) is 36.1. The van der Waals surface area contributed by atoms with Gasteiger partial charge in [0.15, 0.2) is 0 Å². The average Bonchev–Trinajstić information content (AvgIpc) is 1.63. The van der Waals surface area contributed by atoms with Crippen LogP contribution >= 0.6 is 11.3 Å². The van der Waals surface area contributed by atoms with E-state index in [1.54, 1.807) is 0 Å². The summed E-state index contributed by atoms with van der Waals surface area (Å²) in [6, 6.07) is 144. The molecule has 0 saturated carbocycles. The van der Waals surface area contributed by atoms with Gasteiger partial charge in [0, 0.05) is 63.3 Å². The monoisotopic (exact) mass is 1580 g/mol. The van der Waals surface area contributed by atoms with Crippen molar-refractivity contribution >= 4 is 152 Å². The van der Waals surface area contributed by atoms with Crippen molar-refractivity contribution < 1.29 is 17.7 Å². The van der Waals surface area contributed by atoms with Crippen molar-refractivity contribution in [2.45, 2.75) is 55.4 Å². The number of para-hydroxylation sites is 5. The Hall–Kier alpha value is -14.6. The minimum Gasteiger partial charge on any atom is -0.456 e. The third kappa shape index (κ3) is 18.0. The highest BCUT2D eigenvalue weighted by molar-refractivity contribution is 7.25. The molecule has 24 rings (SSSR count). The van der Waals surface area contributed by atoms with E-state index in [9.17, 15) is 0 Å². The molecule has 586 valence electrons. The Morgan fingerprint density at radius 3 is 1.26 bits per heavy atom. The normalized spacial score (nSPS) is 11.0. The fraction of sp³-hybridized carbons (Fsp3) is 0.0690. The number of hydrogen-bond acceptors (Lipinski definition) is 5. The van der Waals surface area contributed by atoms with Crippen LogP contribution in [0.3, 0.4) is 0 Å². The molecule has 121 heavy (non-hydrogen) atoms. The first-order chi connectivity index (χ1) is 59.2. The van der Waals surface area contributed by atoms with Crippen LogP contribution in [0.4, 0.5) is 0 Å². The lowest BCUT2D eigenvalue weighted by Crippen LogP contribution is -1.82. The molecule has 0 saturated heterocycles. The maximum atomic E-state index is 5.78. The zero-order chi connectivity index (χ0) is 82.7. The summed E-state index contributed by atoms with van der Waals surface area (Å²) in [6.45, 7) is 16.9. The first-order valence-corrected chi connectivity index (χ1v) is 42.1. The third-order valence-corrected chi connectivity index (χ3v) is 23.4. The van der Waals surface area contributed by atoms with Gasteiger partial charge in [0.05, 0.1) is 0 Å². The average molecular weight is 1580 g/mol. The van der Waals surface area contributed by atoms with Gasteiger partial charge in [-0.3, -0.25) is 0 Å². The Balaban J connectivity index is 0.0000000986. The Morgan fingerprint density at radius 1 is 0.174 bits per heavy atom. The minimum absolute atomic E-state index is 0.966. The molecular formula is C116H92O4S. The summed E-state index contributed by atoms with van der Waals surface area (Å²) in [5.41, 5.74) is 25.8. The number of fused-ring (bicyclic) bond motifs is 18. The third-order valence-electron chi connectivity index (χ3n) is 22.2. The molecule has 0 spiro atoms. The molecular weight excluding hydrogens is 1490 g/mol. The summed E-state index contributed by atoms with van der Waals surface area (Å²) >= 11 is 1.87. The highest BCUT2D eigenvalue weighted by Crippen LogP contribution is 2.38. The molecule has 19 aromatic carbocycles. The zero-order valence-electron chi connectivity index (χ0n) is 69.3. The molecule has 0 atom stereocenters. The summed E-state index contributed by atoms with van der Waals surface area (Å²) in [4.78, 5) is 0. The van der Waals surface area contributed by atoms with E-state index in [0.717, 1.165) is 44.7 Å². The fourth-order valence-corrected chi connectivity index (χ4v) is 17.1. The van der Waals surface area contributed by atoms with Crippen LogP contribution in [0, 0.1) is 55.4 Å². The number of rotatable bonds is 3. The molecule has 5 heterocycles. The summed E-state index contributed by atoms with van der Waals surface area (Å²) < 4.78 is 25.7. The van der Waals surface area contributed by atoms with Gasteiger partial charge in [-0.05, 0) is 228 Å². The Kier molecular flexibility index (Phi) is 23.5. The highest BCUT2D eigenvalue weighted by Gasteiger charge is 2.12. The number of aryl methyl sites for hydroxylation is 8. The van der Waals surface area contributed by atoms with Crippen LogP contribution in [0.25, 0.3) is 174 Å². The maximum absolute atomic E-state index is 5.78. The van der Waals surface area contributed by atoms with Crippen molar-refractivity contribution in [1.29, 1.82) is 0 Å². The van der Waals surface area contributed by atoms with Crippen LogP contribution in [-0.2, 0) is 0 Å². The first-order valence-electron chi connectivity index (χ1n) is 41.3. The second-order valence-electron chi connectivity index (χ2n) is 31.1. The van der Waals surface area contributed by atoms with Gasteiger partial charge in [0.25, 0.3) is 0 Å². The predicted molar refractivity (Wildman–Crippen MR) is 520 cm³/mol. The Labute approximate surface area is 710 Å². The van der Waals surface area contributed by atoms with E-state index in [0.29, 0.717) is 0 Å². The van der Waals surface area contributed by atoms with Gasteiger partial charge in [-0.2, -0.15) is 0 Å². The Morgan fingerprint density at radius 2 is 0.562 bits per heavy atom. The molecule has 0 aliphatic heterocycles. The zero-order valence-corrected chi connectivity index (χ0v) is 70.1. The van der Waals surface area contributed by atoms with Crippen LogP contribution in [0.2, 0.25) is 0 Å². The first kappa shape index (κ1) is 78.9. The predicted octanol–water partition coefficient (Wildman–Crippen LogP) is 34.4. The molecule has 0 radical (unpaired) electrons. The van der Waals surface area contributed by atoms with Crippen molar-refractivity contribution in [2.75, 3.05) is 0 Å². The smallest absolute Gasteiger partial charge is 0.138 e. The molecule has 0 unspecified atom stereocenters. The topological polar surface area (TPSA) is 52.6 Å². The van der Waals surface area contributed by atoms with Gasteiger partial charge in [-0.15, -0.1) is 11.3 Å². The minimum atomic E-state index is 0.966. The summed E-state index contributed by atoms with van der Waals surface area (Å²) in [7, 11) is 0. The van der Waals surface area contributed by atoms with Crippen LogP contribution in [0.15, 0.2) is 430 Å². The van der Waals surface area contributed by atoms with Crippen molar-refractivity contribution in [3.63, 3.8) is 0 Å². The lowest BCUT2D eigenvalue weighted by molar-refractivity contribution is 0.665. The van der Waals surface area contributed by atoms with Crippen LogP contribution < -0.4 is 0 Å². The van der Waals surface area contributed by atoms with Crippen molar-refractivity contribution in [2.24, 2.45) is 0 Å². The lowest BCUT2D eigenvalue weighted by atomic mass is 9.98. The van der Waals surface area contributed by atoms with Gasteiger partial charge >= 0.3 is 0 Å². The molecule has 24 aromatic rings. The van der Waals surface area contributed by atoms with Crippen LogP contribution in [-0.4, -0.2) is 0 Å². The van der Waals surface area contributed by atoms with E-state index in [2.05, 4.69) is 371 Å². The molecule has 0 bridgehead atoms. The van der Waals surface area contributed by atoms with Gasteiger partial charge in [0.2, 0.25) is 0 Å². The van der Waals surface area contributed by atoms with E-state index < -0.39 is 0 Å². The van der Waals surface area contributed by atoms with E-state index in [-0.39, 0.29) is 0 Å². The highest BCUT2D eigenvalue weighted by atomic mass is 32.1. The summed E-state index contributed by atoms with van der Waals surface area (Å²) in [6.07, 6.45) is 0. The standard InChI is InChI=1S/3C17H14.4C13H10O.C13H10S/c1-13-6-2-5-9-17(13)16-11-10-14-7-3-4-8-15(14)12-16;1-13-5-4-8-15(11-13)17-10-9-14-6-2-3-7-16(14)12-17;1-13-7-8-17-12-16(10-9-15(17)11-13)14-5-3-2-4-6-14;1-9-5-4-7-11-10-6-2-3-8-12(10)14-13(9)11;1-9-5-4-8-12-13(9)10-6-2-3-7-11(10)14-12;1-9-6-7-13-11(8-9)10-4-2-3-5-12(10)14-13;1-9-6-7-11-10-4-2-3-5-12(10)14-13(11)8-9;1-9-6-7-13-11(8-9)10-4-2-3-5-12(10)14-13/h3*2-12H,1H3;5*2-8H,1H3. The Bertz CT molecular complexity index is 7630. The van der Waals surface area contributed by atoms with Crippen LogP contribution in [0.1, 0.15) is 44.5 Å². The summed E-state index contributed by atoms with van der Waals surface area (Å²) in [5, 5.41) is 20.2. The van der Waals surface area contributed by atoms with Crippen molar-refractivity contribution in [1.82, 2.24) is 0 Å². The van der Waals surface area contributed by atoms with E-state index in [4.69, 9.17) is 17.7 Å². The quantitative estimate of drug-likeness (QED) is 0.177. The van der Waals surface area contributed by atoms with Gasteiger partial charge in [0.1, 0.15) is 44.7 Å². The molecule has 0 aliphatic rings. The van der Waals surface area contributed by atoms with E-state index >= 15 is 0 Å². The molecule has 4 nitrogen and oxygen atoms in total. The number of thiophene rings is 1. The fourth-order valence-electron chi connectivity index (χ4n) is 16.0. The largest absolute Gasteiger partial charge is 0.456 e. The number of furan rings is 4. The van der Waals surface area contributed by atoms with Gasteiger partial charge < -0.3 is 17.7 Å².